The van der Waals surface area contributed by atoms with Crippen molar-refractivity contribution < 1.29 is 0 Å². The summed E-state index contributed by atoms with van der Waals surface area (Å²) in [7, 11) is 0. The van der Waals surface area contributed by atoms with Crippen LogP contribution in [0.1, 0.15) is 37.4 Å². The molecule has 1 aliphatic rings. The van der Waals surface area contributed by atoms with Crippen molar-refractivity contribution in [3.63, 3.8) is 0 Å². The van der Waals surface area contributed by atoms with E-state index in [2.05, 4.69) is 20.9 Å². The molecule has 1 heterocycles. The Bertz CT molecular complexity index is 647. The molecular weight excluding hydrogens is 340 g/mol. The van der Waals surface area contributed by atoms with Crippen LogP contribution in [0.4, 0.5) is 5.82 Å². The molecule has 4 nitrogen and oxygen atoms in total. The summed E-state index contributed by atoms with van der Waals surface area (Å²) in [6.45, 7) is 0. The number of benzene rings is 1. The van der Waals surface area contributed by atoms with Crippen LogP contribution in [0.25, 0.3) is 11.3 Å². The Kier molecular flexibility index (Phi) is 3.65. The number of nitrogens with zero attached hydrogens (tertiary/aromatic N) is 2. The van der Waals surface area contributed by atoms with E-state index in [4.69, 9.17) is 23.2 Å². The Labute approximate surface area is 131 Å². The molecule has 0 radical (unpaired) electrons. The van der Waals surface area contributed by atoms with Gasteiger partial charge in [0.2, 0.25) is 0 Å². The number of imidazole rings is 1. The van der Waals surface area contributed by atoms with Crippen molar-refractivity contribution in [1.29, 1.82) is 0 Å². The van der Waals surface area contributed by atoms with Crippen LogP contribution in [-0.2, 0) is 0 Å². The molecule has 0 bridgehead atoms. The maximum atomic E-state index is 6.26. The normalized spacial score (nSPS) is 15.9. The zero-order chi connectivity index (χ0) is 14.3. The summed E-state index contributed by atoms with van der Waals surface area (Å²) in [6, 6.07) is 5.63. The maximum Gasteiger partial charge on any atom is 0.150 e. The van der Waals surface area contributed by atoms with Crippen molar-refractivity contribution in [2.45, 2.75) is 31.6 Å². The van der Waals surface area contributed by atoms with Gasteiger partial charge in [-0.25, -0.2) is 9.66 Å². The molecule has 0 aliphatic heterocycles. The van der Waals surface area contributed by atoms with Gasteiger partial charge >= 0.3 is 0 Å². The second-order valence-electron chi connectivity index (χ2n) is 5.18. The van der Waals surface area contributed by atoms with E-state index in [9.17, 15) is 0 Å². The summed E-state index contributed by atoms with van der Waals surface area (Å²) in [6.07, 6.45) is 4.70. The molecular formula is C14H16BrClN4. The fraction of sp³-hybridized carbons (Fsp3) is 0.357. The minimum Gasteiger partial charge on any atom is -0.382 e. The van der Waals surface area contributed by atoms with Crippen molar-refractivity contribution in [3.8, 4) is 11.3 Å². The molecule has 1 saturated carbocycles. The Balaban J connectivity index is 2.10. The number of anilines is 1. The molecule has 0 atom stereocenters. The SMILES string of the molecule is Nc1c(-c2cc(Br)ccc2Cl)nc(C2CCCC2)n1N. The summed E-state index contributed by atoms with van der Waals surface area (Å²) in [5.41, 5.74) is 7.60. The van der Waals surface area contributed by atoms with Crippen molar-refractivity contribution in [2.75, 3.05) is 11.6 Å². The van der Waals surface area contributed by atoms with Crippen LogP contribution in [0.5, 0.6) is 0 Å². The van der Waals surface area contributed by atoms with E-state index in [1.165, 1.54) is 17.5 Å². The number of halogens is 2. The molecule has 3 rings (SSSR count). The summed E-state index contributed by atoms with van der Waals surface area (Å²) >= 11 is 9.70. The quantitative estimate of drug-likeness (QED) is 0.802. The van der Waals surface area contributed by atoms with Crippen molar-refractivity contribution in [1.82, 2.24) is 9.66 Å². The summed E-state index contributed by atoms with van der Waals surface area (Å²) in [5.74, 6) is 7.82. The van der Waals surface area contributed by atoms with Crippen LogP contribution in [0.15, 0.2) is 22.7 Å². The lowest BCUT2D eigenvalue weighted by Gasteiger charge is -2.08. The highest BCUT2D eigenvalue weighted by atomic mass is 79.9. The van der Waals surface area contributed by atoms with Gasteiger partial charge in [0.1, 0.15) is 11.5 Å². The largest absolute Gasteiger partial charge is 0.382 e. The van der Waals surface area contributed by atoms with Gasteiger partial charge in [0.05, 0.1) is 5.02 Å². The molecule has 2 aromatic rings. The van der Waals surface area contributed by atoms with Crippen molar-refractivity contribution >= 4 is 33.3 Å². The third-order valence-electron chi connectivity index (χ3n) is 3.88. The van der Waals surface area contributed by atoms with E-state index in [1.54, 1.807) is 0 Å². The lowest BCUT2D eigenvalue weighted by Crippen LogP contribution is -2.17. The molecule has 1 aromatic carbocycles. The van der Waals surface area contributed by atoms with Crippen LogP contribution >= 0.6 is 27.5 Å². The smallest absolute Gasteiger partial charge is 0.150 e. The molecule has 1 aromatic heterocycles. The standard InChI is InChI=1S/C14H16BrClN4/c15-9-5-6-11(16)10(7-9)12-13(17)20(18)14(19-12)8-3-1-2-4-8/h5-8H,1-4,17-18H2. The van der Waals surface area contributed by atoms with Gasteiger partial charge in [-0.2, -0.15) is 0 Å². The van der Waals surface area contributed by atoms with E-state index < -0.39 is 0 Å². The molecule has 6 heteroatoms. The molecule has 0 unspecified atom stereocenters. The minimum absolute atomic E-state index is 0.405. The molecule has 0 amide bonds. The number of aromatic nitrogens is 2. The van der Waals surface area contributed by atoms with Crippen LogP contribution < -0.4 is 11.6 Å². The Hall–Kier alpha value is -1.20. The average molecular weight is 356 g/mol. The van der Waals surface area contributed by atoms with Gasteiger partial charge < -0.3 is 11.6 Å². The van der Waals surface area contributed by atoms with E-state index >= 15 is 0 Å². The third kappa shape index (κ3) is 2.29. The predicted octanol–water partition coefficient (Wildman–Crippen LogP) is 3.92. The number of nitrogens with two attached hydrogens (primary N) is 2. The first-order valence-electron chi connectivity index (χ1n) is 6.66. The number of nitrogen functional groups attached to an aromatic ring is 2. The van der Waals surface area contributed by atoms with Crippen LogP contribution in [-0.4, -0.2) is 9.66 Å². The first kappa shape index (κ1) is 13.8. The van der Waals surface area contributed by atoms with Crippen LogP contribution in [0.2, 0.25) is 5.02 Å². The number of hydrogen-bond acceptors (Lipinski definition) is 3. The molecule has 106 valence electrons. The van der Waals surface area contributed by atoms with E-state index in [-0.39, 0.29) is 0 Å². The van der Waals surface area contributed by atoms with Crippen molar-refractivity contribution in [2.24, 2.45) is 0 Å². The topological polar surface area (TPSA) is 69.9 Å². The van der Waals surface area contributed by atoms with Gasteiger partial charge in [0.15, 0.2) is 5.82 Å². The fourth-order valence-electron chi connectivity index (χ4n) is 2.81. The molecule has 4 N–H and O–H groups in total. The first-order valence-corrected chi connectivity index (χ1v) is 7.83. The highest BCUT2D eigenvalue weighted by Gasteiger charge is 2.25. The van der Waals surface area contributed by atoms with Gasteiger partial charge in [0, 0.05) is 16.0 Å². The first-order chi connectivity index (χ1) is 9.58. The molecule has 1 fully saturated rings. The van der Waals surface area contributed by atoms with Crippen molar-refractivity contribution in [3.05, 3.63) is 33.5 Å². The minimum atomic E-state index is 0.405. The zero-order valence-corrected chi connectivity index (χ0v) is 13.3. The number of rotatable bonds is 2. The van der Waals surface area contributed by atoms with Crippen LogP contribution in [0, 0.1) is 0 Å². The monoisotopic (exact) mass is 354 g/mol. The second kappa shape index (κ2) is 5.30. The molecule has 20 heavy (non-hydrogen) atoms. The van der Waals surface area contributed by atoms with E-state index in [0.29, 0.717) is 22.5 Å². The predicted molar refractivity (Wildman–Crippen MR) is 86.1 cm³/mol. The van der Waals surface area contributed by atoms with Gasteiger partial charge in [-0.15, -0.1) is 0 Å². The van der Waals surface area contributed by atoms with E-state index in [1.807, 2.05) is 18.2 Å². The van der Waals surface area contributed by atoms with E-state index in [0.717, 1.165) is 28.7 Å². The highest BCUT2D eigenvalue weighted by Crippen LogP contribution is 2.38. The molecule has 1 aliphatic carbocycles. The molecule has 0 spiro atoms. The van der Waals surface area contributed by atoms with Crippen LogP contribution in [0.3, 0.4) is 0 Å². The Morgan fingerprint density at radius 1 is 1.30 bits per heavy atom. The fourth-order valence-corrected chi connectivity index (χ4v) is 3.38. The average Bonchev–Trinajstić information content (AvgIpc) is 3.04. The maximum absolute atomic E-state index is 6.26. The number of hydrogen-bond donors (Lipinski definition) is 2. The second-order valence-corrected chi connectivity index (χ2v) is 6.50. The summed E-state index contributed by atoms with van der Waals surface area (Å²) in [4.78, 5) is 4.67. The van der Waals surface area contributed by atoms with Gasteiger partial charge in [-0.05, 0) is 31.0 Å². The Morgan fingerprint density at radius 2 is 2.00 bits per heavy atom. The lowest BCUT2D eigenvalue weighted by atomic mass is 10.1. The van der Waals surface area contributed by atoms with Gasteiger partial charge in [-0.1, -0.05) is 40.4 Å². The highest BCUT2D eigenvalue weighted by molar-refractivity contribution is 9.10. The third-order valence-corrected chi connectivity index (χ3v) is 4.70. The zero-order valence-electron chi connectivity index (χ0n) is 10.9. The Morgan fingerprint density at radius 3 is 2.70 bits per heavy atom. The van der Waals surface area contributed by atoms with Gasteiger partial charge in [0.25, 0.3) is 0 Å². The van der Waals surface area contributed by atoms with Gasteiger partial charge in [-0.3, -0.25) is 0 Å². The summed E-state index contributed by atoms with van der Waals surface area (Å²) < 4.78 is 2.45. The lowest BCUT2D eigenvalue weighted by molar-refractivity contribution is 0.648. The summed E-state index contributed by atoms with van der Waals surface area (Å²) in [5, 5.41) is 0.621. The molecule has 0 saturated heterocycles.